The average Bonchev–Trinajstić information content (AvgIpc) is 3.80. The molecular formula is C54H38N4O. The molecule has 280 valence electrons. The van der Waals surface area contributed by atoms with Gasteiger partial charge in [-0.05, 0) is 75.8 Å². The van der Waals surface area contributed by atoms with Crippen LogP contribution in [0.15, 0.2) is 199 Å². The maximum atomic E-state index is 6.89. The third-order valence-electron chi connectivity index (χ3n) is 11.7. The predicted octanol–water partition coefficient (Wildman–Crippen LogP) is 14.2. The summed E-state index contributed by atoms with van der Waals surface area (Å²) in [6.07, 6.45) is 0. The van der Waals surface area contributed by atoms with Gasteiger partial charge >= 0.3 is 0 Å². The van der Waals surface area contributed by atoms with Crippen molar-refractivity contribution in [3.63, 3.8) is 0 Å². The number of furan rings is 1. The van der Waals surface area contributed by atoms with Crippen molar-refractivity contribution in [2.45, 2.75) is 19.3 Å². The maximum Gasteiger partial charge on any atom is 0.167 e. The quantitative estimate of drug-likeness (QED) is 0.162. The van der Waals surface area contributed by atoms with E-state index < -0.39 is 0 Å². The van der Waals surface area contributed by atoms with Crippen molar-refractivity contribution >= 4 is 39.0 Å². The lowest BCUT2D eigenvalue weighted by Crippen LogP contribution is -2.16. The van der Waals surface area contributed by atoms with Crippen LogP contribution in [0.25, 0.3) is 78.4 Å². The summed E-state index contributed by atoms with van der Waals surface area (Å²) in [5.74, 6) is 1.75. The van der Waals surface area contributed by atoms with Gasteiger partial charge in [0.25, 0.3) is 0 Å². The van der Waals surface area contributed by atoms with Crippen LogP contribution in [0.2, 0.25) is 0 Å². The minimum absolute atomic E-state index is 0.169. The summed E-state index contributed by atoms with van der Waals surface area (Å²) >= 11 is 0. The van der Waals surface area contributed by atoms with E-state index in [4.69, 9.17) is 19.4 Å². The van der Waals surface area contributed by atoms with Gasteiger partial charge in [0.05, 0.1) is 16.6 Å². The summed E-state index contributed by atoms with van der Waals surface area (Å²) in [6, 6.07) is 67.9. The van der Waals surface area contributed by atoms with Gasteiger partial charge in [0.15, 0.2) is 17.5 Å². The van der Waals surface area contributed by atoms with Crippen molar-refractivity contribution in [3.8, 4) is 56.4 Å². The van der Waals surface area contributed by atoms with Crippen LogP contribution in [0, 0.1) is 0 Å². The fourth-order valence-electron chi connectivity index (χ4n) is 8.79. The van der Waals surface area contributed by atoms with Gasteiger partial charge in [0, 0.05) is 33.3 Å². The molecule has 0 amide bonds. The molecule has 0 radical (unpaired) electrons. The van der Waals surface area contributed by atoms with Crippen LogP contribution in [-0.2, 0) is 5.41 Å². The van der Waals surface area contributed by atoms with Crippen molar-refractivity contribution in [3.05, 3.63) is 205 Å². The van der Waals surface area contributed by atoms with Gasteiger partial charge in [0.2, 0.25) is 0 Å². The largest absolute Gasteiger partial charge is 0.455 e. The van der Waals surface area contributed by atoms with Crippen LogP contribution in [0.1, 0.15) is 25.0 Å². The normalized spacial score (nSPS) is 12.7. The molecule has 0 saturated heterocycles. The first kappa shape index (κ1) is 34.6. The summed E-state index contributed by atoms with van der Waals surface area (Å²) in [7, 11) is 0. The minimum Gasteiger partial charge on any atom is -0.455 e. The van der Waals surface area contributed by atoms with Crippen LogP contribution in [0.4, 0.5) is 17.1 Å². The van der Waals surface area contributed by atoms with E-state index in [1.807, 2.05) is 72.8 Å². The van der Waals surface area contributed by atoms with Crippen molar-refractivity contribution in [1.82, 2.24) is 15.0 Å². The van der Waals surface area contributed by atoms with Crippen molar-refractivity contribution < 1.29 is 4.42 Å². The van der Waals surface area contributed by atoms with Gasteiger partial charge in [-0.3, -0.25) is 0 Å². The predicted molar refractivity (Wildman–Crippen MR) is 241 cm³/mol. The number of benzene rings is 8. The summed E-state index contributed by atoms with van der Waals surface area (Å²) in [5.41, 5.74) is 14.6. The standard InChI is InChI=1S/C54H38N4O/c1-54(2)45-24-14-12-22-41(45)42-31-30-40(34-46(42)54)58(39-28-26-36(27-29-39)35-16-6-3-7-17-35)47-33-32-44(50-49(47)43-23-13-15-25-48(43)59-50)53-56-51(37-18-8-4-9-19-37)55-52(57-53)38-20-10-5-11-21-38/h3-34H,1-2H3. The fraction of sp³-hybridized carbons (Fsp3) is 0.0556. The summed E-state index contributed by atoms with van der Waals surface area (Å²) in [5, 5.41) is 2.00. The number of hydrogen-bond acceptors (Lipinski definition) is 5. The number of nitrogens with zero attached hydrogens (tertiary/aromatic N) is 4. The Balaban J connectivity index is 1.15. The number of rotatable bonds is 7. The highest BCUT2D eigenvalue weighted by molar-refractivity contribution is 6.17. The molecule has 0 spiro atoms. The number of fused-ring (bicyclic) bond motifs is 6. The third-order valence-corrected chi connectivity index (χ3v) is 11.7. The van der Waals surface area contributed by atoms with E-state index >= 15 is 0 Å². The molecule has 0 N–H and O–H groups in total. The van der Waals surface area contributed by atoms with Gasteiger partial charge in [0.1, 0.15) is 11.2 Å². The van der Waals surface area contributed by atoms with Crippen LogP contribution >= 0.6 is 0 Å². The summed E-state index contributed by atoms with van der Waals surface area (Å²) in [4.78, 5) is 17.6. The van der Waals surface area contributed by atoms with E-state index in [2.05, 4.69) is 140 Å². The molecule has 5 nitrogen and oxygen atoms in total. The topological polar surface area (TPSA) is 55.1 Å². The monoisotopic (exact) mass is 758 g/mol. The van der Waals surface area contributed by atoms with E-state index in [0.29, 0.717) is 23.1 Å². The van der Waals surface area contributed by atoms with Crippen molar-refractivity contribution in [2.24, 2.45) is 0 Å². The molecule has 8 aromatic carbocycles. The molecule has 1 aliphatic rings. The molecule has 2 aromatic heterocycles. The van der Waals surface area contributed by atoms with Gasteiger partial charge in [-0.1, -0.05) is 166 Å². The number of aromatic nitrogens is 3. The highest BCUT2D eigenvalue weighted by atomic mass is 16.3. The zero-order chi connectivity index (χ0) is 39.5. The molecule has 0 aliphatic heterocycles. The summed E-state index contributed by atoms with van der Waals surface area (Å²) < 4.78 is 6.89. The van der Waals surface area contributed by atoms with E-state index in [9.17, 15) is 0 Å². The Morgan fingerprint density at radius 2 is 0.949 bits per heavy atom. The molecule has 0 bridgehead atoms. The number of anilines is 3. The Kier molecular flexibility index (Phi) is 8.09. The maximum absolute atomic E-state index is 6.89. The SMILES string of the molecule is CC1(C)c2ccccc2-c2ccc(N(c3ccc(-c4ccccc4)cc3)c3ccc(-c4nc(-c5ccccc5)nc(-c5ccccc5)n4)c4oc5ccccc5c34)cc21. The lowest BCUT2D eigenvalue weighted by Gasteiger charge is -2.29. The Bertz CT molecular complexity index is 3120. The van der Waals surface area contributed by atoms with Crippen LogP contribution in [0.3, 0.4) is 0 Å². The highest BCUT2D eigenvalue weighted by Gasteiger charge is 2.36. The smallest absolute Gasteiger partial charge is 0.167 e. The van der Waals surface area contributed by atoms with E-state index in [1.54, 1.807) is 0 Å². The highest BCUT2D eigenvalue weighted by Crippen LogP contribution is 2.52. The Labute approximate surface area is 342 Å². The lowest BCUT2D eigenvalue weighted by molar-refractivity contribution is 0.660. The Hall–Kier alpha value is -7.63. The van der Waals surface area contributed by atoms with Gasteiger partial charge in [-0.15, -0.1) is 0 Å². The fourth-order valence-corrected chi connectivity index (χ4v) is 8.79. The van der Waals surface area contributed by atoms with Gasteiger partial charge < -0.3 is 9.32 Å². The first-order valence-corrected chi connectivity index (χ1v) is 20.0. The van der Waals surface area contributed by atoms with Gasteiger partial charge in [-0.25, -0.2) is 15.0 Å². The molecule has 5 heteroatoms. The van der Waals surface area contributed by atoms with Gasteiger partial charge in [-0.2, -0.15) is 0 Å². The van der Waals surface area contributed by atoms with Crippen molar-refractivity contribution in [2.75, 3.05) is 4.90 Å². The van der Waals surface area contributed by atoms with Crippen LogP contribution in [-0.4, -0.2) is 15.0 Å². The zero-order valence-electron chi connectivity index (χ0n) is 32.7. The third kappa shape index (κ3) is 5.81. The van der Waals surface area contributed by atoms with E-state index in [-0.39, 0.29) is 5.41 Å². The second-order valence-electron chi connectivity index (χ2n) is 15.6. The first-order valence-electron chi connectivity index (χ1n) is 20.0. The van der Waals surface area contributed by atoms with Crippen molar-refractivity contribution in [1.29, 1.82) is 0 Å². The molecule has 1 aliphatic carbocycles. The molecular weight excluding hydrogens is 721 g/mol. The van der Waals surface area contributed by atoms with E-state index in [0.717, 1.165) is 55.7 Å². The molecule has 0 atom stereocenters. The second-order valence-corrected chi connectivity index (χ2v) is 15.6. The Morgan fingerprint density at radius 3 is 1.64 bits per heavy atom. The first-order chi connectivity index (χ1) is 29.0. The second kappa shape index (κ2) is 13.8. The molecule has 0 fully saturated rings. The molecule has 2 heterocycles. The number of hydrogen-bond donors (Lipinski definition) is 0. The van der Waals surface area contributed by atoms with E-state index in [1.165, 1.54) is 27.8 Å². The average molecular weight is 759 g/mol. The molecule has 10 aromatic rings. The van der Waals surface area contributed by atoms with Crippen LogP contribution < -0.4 is 4.90 Å². The minimum atomic E-state index is -0.169. The molecule has 11 rings (SSSR count). The molecule has 0 saturated carbocycles. The molecule has 0 unspecified atom stereocenters. The molecule has 59 heavy (non-hydrogen) atoms. The lowest BCUT2D eigenvalue weighted by atomic mass is 9.82. The Morgan fingerprint density at radius 1 is 0.424 bits per heavy atom. The summed E-state index contributed by atoms with van der Waals surface area (Å²) in [6.45, 7) is 4.66. The van der Waals surface area contributed by atoms with Crippen LogP contribution in [0.5, 0.6) is 0 Å². The zero-order valence-corrected chi connectivity index (χ0v) is 32.7. The number of para-hydroxylation sites is 1.